The van der Waals surface area contributed by atoms with E-state index >= 15 is 0 Å². The topological polar surface area (TPSA) is 29.5 Å². The lowest BCUT2D eigenvalue weighted by atomic mass is 10.1. The molecule has 0 saturated heterocycles. The number of hydrogen-bond donors (Lipinski definition) is 1. The molecule has 0 aliphatic heterocycles. The van der Waals surface area contributed by atoms with Crippen LogP contribution in [0.4, 0.5) is 0 Å². The van der Waals surface area contributed by atoms with Gasteiger partial charge in [0.15, 0.2) is 0 Å². The van der Waals surface area contributed by atoms with Crippen LogP contribution in [0.2, 0.25) is 0 Å². The fourth-order valence-corrected chi connectivity index (χ4v) is 1.03. The van der Waals surface area contributed by atoms with Crippen LogP contribution in [-0.4, -0.2) is 17.3 Å². The van der Waals surface area contributed by atoms with Gasteiger partial charge in [0.1, 0.15) is 18.0 Å². The van der Waals surface area contributed by atoms with Gasteiger partial charge in [0.2, 0.25) is 0 Å². The molecule has 0 bridgehead atoms. The lowest BCUT2D eigenvalue weighted by molar-refractivity contribution is 0.0161. The fraction of sp³-hybridized carbons (Fsp3) is 0.333. The maximum absolute atomic E-state index is 9.71. The van der Waals surface area contributed by atoms with E-state index in [1.165, 1.54) is 0 Å². The molecule has 14 heavy (non-hydrogen) atoms. The smallest absolute Gasteiger partial charge is 0.119 e. The number of rotatable bonds is 4. The summed E-state index contributed by atoms with van der Waals surface area (Å²) >= 11 is 0. The summed E-state index contributed by atoms with van der Waals surface area (Å²) in [5.41, 5.74) is -0.954. The van der Waals surface area contributed by atoms with Crippen LogP contribution in [0.25, 0.3) is 0 Å². The molecule has 1 aromatic carbocycles. The van der Waals surface area contributed by atoms with Crippen LogP contribution in [0.15, 0.2) is 30.3 Å². The fourth-order valence-electron chi connectivity index (χ4n) is 1.03. The minimum absolute atomic E-state index is 0.210. The number of aliphatic hydroxyl groups is 1. The molecule has 0 radical (unpaired) electrons. The third kappa shape index (κ3) is 3.51. The number of terminal acetylenes is 1. The van der Waals surface area contributed by atoms with Gasteiger partial charge in [0.25, 0.3) is 0 Å². The normalized spacial score (nSPS) is 14.1. The molecule has 0 amide bonds. The lowest BCUT2D eigenvalue weighted by Crippen LogP contribution is -2.31. The lowest BCUT2D eigenvalue weighted by Gasteiger charge is -2.20. The van der Waals surface area contributed by atoms with E-state index in [9.17, 15) is 5.11 Å². The second kappa shape index (κ2) is 4.69. The van der Waals surface area contributed by atoms with E-state index in [-0.39, 0.29) is 6.61 Å². The molecule has 1 atom stereocenters. The van der Waals surface area contributed by atoms with Crippen molar-refractivity contribution in [3.05, 3.63) is 30.3 Å². The van der Waals surface area contributed by atoms with Crippen LogP contribution < -0.4 is 4.74 Å². The van der Waals surface area contributed by atoms with E-state index in [1.807, 2.05) is 30.3 Å². The molecule has 0 heterocycles. The van der Waals surface area contributed by atoms with Crippen molar-refractivity contribution >= 4 is 0 Å². The Morgan fingerprint density at radius 2 is 2.07 bits per heavy atom. The molecule has 1 unspecified atom stereocenters. The van der Waals surface area contributed by atoms with Crippen molar-refractivity contribution in [2.45, 2.75) is 18.9 Å². The molecule has 0 fully saturated rings. The van der Waals surface area contributed by atoms with Crippen LogP contribution in [0, 0.1) is 12.3 Å². The van der Waals surface area contributed by atoms with Crippen molar-refractivity contribution in [1.82, 2.24) is 0 Å². The molecular formula is C12H14O2. The van der Waals surface area contributed by atoms with Crippen LogP contribution in [0.5, 0.6) is 5.75 Å². The molecule has 1 aromatic rings. The van der Waals surface area contributed by atoms with E-state index in [0.29, 0.717) is 6.42 Å². The maximum Gasteiger partial charge on any atom is 0.119 e. The zero-order valence-electron chi connectivity index (χ0n) is 8.23. The van der Waals surface area contributed by atoms with Gasteiger partial charge in [0, 0.05) is 6.42 Å². The molecule has 2 nitrogen and oxygen atoms in total. The highest BCUT2D eigenvalue weighted by Gasteiger charge is 2.19. The predicted octanol–water partition coefficient (Wildman–Crippen LogP) is 1.84. The highest BCUT2D eigenvalue weighted by Crippen LogP contribution is 2.13. The molecular weight excluding hydrogens is 176 g/mol. The first-order valence-corrected chi connectivity index (χ1v) is 4.48. The Balaban J connectivity index is 2.45. The molecule has 0 saturated carbocycles. The molecule has 74 valence electrons. The molecule has 0 aromatic heterocycles. The summed E-state index contributed by atoms with van der Waals surface area (Å²) in [5.74, 6) is 3.15. The van der Waals surface area contributed by atoms with E-state index in [0.717, 1.165) is 5.75 Å². The SMILES string of the molecule is C#CCC(C)(O)COc1ccccc1. The summed E-state index contributed by atoms with van der Waals surface area (Å²) in [7, 11) is 0. The van der Waals surface area contributed by atoms with Gasteiger partial charge in [0.05, 0.1) is 0 Å². The van der Waals surface area contributed by atoms with Crippen molar-refractivity contribution in [3.63, 3.8) is 0 Å². The molecule has 2 heteroatoms. The Kier molecular flexibility index (Phi) is 3.55. The largest absolute Gasteiger partial charge is 0.491 e. The number of ether oxygens (including phenoxy) is 1. The highest BCUT2D eigenvalue weighted by molar-refractivity contribution is 5.21. The highest BCUT2D eigenvalue weighted by atomic mass is 16.5. The zero-order chi connectivity index (χ0) is 10.4. The van der Waals surface area contributed by atoms with Crippen molar-refractivity contribution in [3.8, 4) is 18.1 Å². The van der Waals surface area contributed by atoms with Crippen molar-refractivity contribution in [2.75, 3.05) is 6.61 Å². The van der Waals surface area contributed by atoms with Gasteiger partial charge in [-0.3, -0.25) is 0 Å². The Bertz CT molecular complexity index is 309. The van der Waals surface area contributed by atoms with Crippen LogP contribution in [-0.2, 0) is 0 Å². The summed E-state index contributed by atoms with van der Waals surface area (Å²) in [4.78, 5) is 0. The standard InChI is InChI=1S/C12H14O2/c1-3-9-12(2,13)10-14-11-7-5-4-6-8-11/h1,4-8,13H,9-10H2,2H3. The quantitative estimate of drug-likeness (QED) is 0.734. The van der Waals surface area contributed by atoms with E-state index in [4.69, 9.17) is 11.2 Å². The van der Waals surface area contributed by atoms with Gasteiger partial charge >= 0.3 is 0 Å². The Labute approximate surface area is 84.5 Å². The van der Waals surface area contributed by atoms with Gasteiger partial charge in [-0.2, -0.15) is 0 Å². The van der Waals surface area contributed by atoms with Crippen molar-refractivity contribution < 1.29 is 9.84 Å². The zero-order valence-corrected chi connectivity index (χ0v) is 8.23. The average Bonchev–Trinajstić information content (AvgIpc) is 2.17. The summed E-state index contributed by atoms with van der Waals surface area (Å²) < 4.78 is 5.38. The summed E-state index contributed by atoms with van der Waals surface area (Å²) in [6.45, 7) is 1.87. The van der Waals surface area contributed by atoms with Gasteiger partial charge in [-0.1, -0.05) is 18.2 Å². The predicted molar refractivity (Wildman–Crippen MR) is 56.0 cm³/mol. The van der Waals surface area contributed by atoms with Gasteiger partial charge in [-0.05, 0) is 19.1 Å². The minimum atomic E-state index is -0.954. The first-order valence-electron chi connectivity index (χ1n) is 4.48. The summed E-state index contributed by atoms with van der Waals surface area (Å²) in [6, 6.07) is 9.35. The Morgan fingerprint density at radius 3 is 2.64 bits per heavy atom. The molecule has 1 N–H and O–H groups in total. The van der Waals surface area contributed by atoms with Gasteiger partial charge in [-0.15, -0.1) is 12.3 Å². The van der Waals surface area contributed by atoms with Crippen LogP contribution in [0.1, 0.15) is 13.3 Å². The average molecular weight is 190 g/mol. The van der Waals surface area contributed by atoms with Gasteiger partial charge in [-0.25, -0.2) is 0 Å². The maximum atomic E-state index is 9.71. The number of hydrogen-bond acceptors (Lipinski definition) is 2. The van der Waals surface area contributed by atoms with Gasteiger partial charge < -0.3 is 9.84 Å². The summed E-state index contributed by atoms with van der Waals surface area (Å²) in [6.07, 6.45) is 5.41. The molecule has 0 spiro atoms. The molecule has 1 rings (SSSR count). The monoisotopic (exact) mass is 190 g/mol. The van der Waals surface area contributed by atoms with Crippen molar-refractivity contribution in [1.29, 1.82) is 0 Å². The molecule has 0 aliphatic rings. The summed E-state index contributed by atoms with van der Waals surface area (Å²) in [5, 5.41) is 9.71. The van der Waals surface area contributed by atoms with E-state index in [2.05, 4.69) is 5.92 Å². The van der Waals surface area contributed by atoms with E-state index in [1.54, 1.807) is 6.92 Å². The Hall–Kier alpha value is -1.46. The second-order valence-corrected chi connectivity index (χ2v) is 3.48. The minimum Gasteiger partial charge on any atom is -0.491 e. The molecule has 0 aliphatic carbocycles. The third-order valence-electron chi connectivity index (χ3n) is 1.78. The second-order valence-electron chi connectivity index (χ2n) is 3.48. The van der Waals surface area contributed by atoms with Crippen molar-refractivity contribution in [2.24, 2.45) is 0 Å². The Morgan fingerprint density at radius 1 is 1.43 bits per heavy atom. The number of benzene rings is 1. The van der Waals surface area contributed by atoms with E-state index < -0.39 is 5.60 Å². The third-order valence-corrected chi connectivity index (χ3v) is 1.78. The number of para-hydroxylation sites is 1. The van der Waals surface area contributed by atoms with Crippen LogP contribution >= 0.6 is 0 Å². The first-order chi connectivity index (χ1) is 6.64. The first kappa shape index (κ1) is 10.6. The van der Waals surface area contributed by atoms with Crippen LogP contribution in [0.3, 0.4) is 0 Å².